The van der Waals surface area contributed by atoms with Crippen LogP contribution in [0.1, 0.15) is 24.4 Å². The Labute approximate surface area is 116 Å². The highest BCUT2D eigenvalue weighted by Crippen LogP contribution is 2.43. The third-order valence-electron chi connectivity index (χ3n) is 3.39. The van der Waals surface area contributed by atoms with E-state index < -0.39 is 0 Å². The van der Waals surface area contributed by atoms with E-state index in [2.05, 4.69) is 10.3 Å². The molecule has 1 N–H and O–H groups in total. The number of hydrogen-bond acceptors (Lipinski definition) is 2. The summed E-state index contributed by atoms with van der Waals surface area (Å²) in [6.45, 7) is 0. The molecule has 19 heavy (non-hydrogen) atoms. The number of pyridine rings is 1. The molecular formula is C15H14ClFN2. The van der Waals surface area contributed by atoms with Crippen LogP contribution >= 0.6 is 11.6 Å². The monoisotopic (exact) mass is 276 g/mol. The molecule has 0 bridgehead atoms. The van der Waals surface area contributed by atoms with Gasteiger partial charge in [0, 0.05) is 6.20 Å². The highest BCUT2D eigenvalue weighted by molar-refractivity contribution is 6.31. The Bertz CT molecular complexity index is 567. The maximum absolute atomic E-state index is 13.0. The molecule has 2 nitrogen and oxygen atoms in total. The van der Waals surface area contributed by atoms with Crippen molar-refractivity contribution in [1.29, 1.82) is 0 Å². The molecule has 0 saturated heterocycles. The Kier molecular flexibility index (Phi) is 3.38. The summed E-state index contributed by atoms with van der Waals surface area (Å²) in [5, 5.41) is 3.90. The van der Waals surface area contributed by atoms with E-state index in [9.17, 15) is 4.39 Å². The molecule has 2 aromatic rings. The molecule has 4 heteroatoms. The van der Waals surface area contributed by atoms with Gasteiger partial charge in [0.1, 0.15) is 5.82 Å². The van der Waals surface area contributed by atoms with Crippen LogP contribution in [0.5, 0.6) is 0 Å². The van der Waals surface area contributed by atoms with Gasteiger partial charge in [-0.1, -0.05) is 23.7 Å². The SMILES string of the molecule is Fc1ccc(C(Nc2cccnc2Cl)C2CC2)cc1. The summed E-state index contributed by atoms with van der Waals surface area (Å²) >= 11 is 6.07. The number of anilines is 1. The Hall–Kier alpha value is -1.61. The Morgan fingerprint density at radius 1 is 1.21 bits per heavy atom. The molecule has 1 saturated carbocycles. The van der Waals surface area contributed by atoms with Crippen molar-refractivity contribution >= 4 is 17.3 Å². The summed E-state index contributed by atoms with van der Waals surface area (Å²) in [7, 11) is 0. The van der Waals surface area contributed by atoms with E-state index in [1.54, 1.807) is 6.20 Å². The average molecular weight is 277 g/mol. The lowest BCUT2D eigenvalue weighted by molar-refractivity contribution is 0.622. The maximum Gasteiger partial charge on any atom is 0.152 e. The van der Waals surface area contributed by atoms with E-state index in [-0.39, 0.29) is 11.9 Å². The molecule has 1 unspecified atom stereocenters. The Morgan fingerprint density at radius 3 is 2.58 bits per heavy atom. The van der Waals surface area contributed by atoms with Gasteiger partial charge in [0.2, 0.25) is 0 Å². The molecule has 1 fully saturated rings. The Morgan fingerprint density at radius 2 is 1.95 bits per heavy atom. The zero-order valence-electron chi connectivity index (χ0n) is 10.3. The summed E-state index contributed by atoms with van der Waals surface area (Å²) in [6.07, 6.45) is 4.04. The topological polar surface area (TPSA) is 24.9 Å². The predicted molar refractivity (Wildman–Crippen MR) is 74.7 cm³/mol. The fourth-order valence-electron chi connectivity index (χ4n) is 2.23. The van der Waals surface area contributed by atoms with E-state index in [0.29, 0.717) is 11.1 Å². The van der Waals surface area contributed by atoms with Crippen molar-refractivity contribution in [1.82, 2.24) is 4.98 Å². The van der Waals surface area contributed by atoms with Crippen LogP contribution in [0.2, 0.25) is 5.15 Å². The fraction of sp³-hybridized carbons (Fsp3) is 0.267. The third-order valence-corrected chi connectivity index (χ3v) is 3.69. The van der Waals surface area contributed by atoms with Gasteiger partial charge in [-0.2, -0.15) is 0 Å². The van der Waals surface area contributed by atoms with Gasteiger partial charge in [-0.25, -0.2) is 9.37 Å². The van der Waals surface area contributed by atoms with Crippen molar-refractivity contribution in [3.63, 3.8) is 0 Å². The molecule has 1 aromatic carbocycles. The first-order chi connectivity index (χ1) is 9.24. The molecule has 1 aliphatic rings. The molecule has 0 aliphatic heterocycles. The largest absolute Gasteiger partial charge is 0.375 e. The number of nitrogens with one attached hydrogen (secondary N) is 1. The second-order valence-corrected chi connectivity index (χ2v) is 5.21. The quantitative estimate of drug-likeness (QED) is 0.835. The van der Waals surface area contributed by atoms with Crippen molar-refractivity contribution in [2.24, 2.45) is 5.92 Å². The molecular weight excluding hydrogens is 263 g/mol. The fourth-order valence-corrected chi connectivity index (χ4v) is 2.41. The lowest BCUT2D eigenvalue weighted by atomic mass is 10.0. The molecule has 3 rings (SSSR count). The van der Waals surface area contributed by atoms with Crippen LogP contribution in [0.4, 0.5) is 10.1 Å². The van der Waals surface area contributed by atoms with Crippen LogP contribution < -0.4 is 5.32 Å². The summed E-state index contributed by atoms with van der Waals surface area (Å²) < 4.78 is 13.0. The second kappa shape index (κ2) is 5.17. The van der Waals surface area contributed by atoms with Gasteiger partial charge in [0.05, 0.1) is 11.7 Å². The van der Waals surface area contributed by atoms with Gasteiger partial charge < -0.3 is 5.32 Å². The normalized spacial score (nSPS) is 16.1. The molecule has 1 aliphatic carbocycles. The van der Waals surface area contributed by atoms with E-state index in [4.69, 9.17) is 11.6 Å². The average Bonchev–Trinajstić information content (AvgIpc) is 3.24. The zero-order chi connectivity index (χ0) is 13.2. The van der Waals surface area contributed by atoms with Gasteiger partial charge in [-0.15, -0.1) is 0 Å². The molecule has 1 heterocycles. The summed E-state index contributed by atoms with van der Waals surface area (Å²) in [4.78, 5) is 4.06. The first kappa shape index (κ1) is 12.4. The van der Waals surface area contributed by atoms with Crippen molar-refractivity contribution in [3.05, 3.63) is 59.1 Å². The standard InChI is InChI=1S/C15H14ClFN2/c16-15-13(2-1-9-18-15)19-14(10-3-4-10)11-5-7-12(17)8-6-11/h1-2,5-10,14,19H,3-4H2. The lowest BCUT2D eigenvalue weighted by Gasteiger charge is -2.20. The number of nitrogens with zero attached hydrogens (tertiary/aromatic N) is 1. The van der Waals surface area contributed by atoms with Crippen LogP contribution in [0.25, 0.3) is 0 Å². The lowest BCUT2D eigenvalue weighted by Crippen LogP contribution is -2.13. The molecule has 0 radical (unpaired) electrons. The minimum Gasteiger partial charge on any atom is -0.375 e. The van der Waals surface area contributed by atoms with Crippen LogP contribution in [0, 0.1) is 11.7 Å². The van der Waals surface area contributed by atoms with Crippen molar-refractivity contribution in [2.45, 2.75) is 18.9 Å². The number of aromatic nitrogens is 1. The van der Waals surface area contributed by atoms with Gasteiger partial charge in [-0.3, -0.25) is 0 Å². The van der Waals surface area contributed by atoms with E-state index in [1.165, 1.54) is 25.0 Å². The van der Waals surface area contributed by atoms with E-state index in [0.717, 1.165) is 11.3 Å². The third kappa shape index (κ3) is 2.87. The van der Waals surface area contributed by atoms with Crippen LogP contribution in [0.3, 0.4) is 0 Å². The molecule has 0 amide bonds. The summed E-state index contributed by atoms with van der Waals surface area (Å²) in [6, 6.07) is 10.6. The van der Waals surface area contributed by atoms with Gasteiger partial charge in [0.15, 0.2) is 5.15 Å². The highest BCUT2D eigenvalue weighted by atomic mass is 35.5. The second-order valence-electron chi connectivity index (χ2n) is 4.85. The molecule has 0 spiro atoms. The summed E-state index contributed by atoms with van der Waals surface area (Å²) in [5.74, 6) is 0.374. The van der Waals surface area contributed by atoms with E-state index in [1.807, 2.05) is 24.3 Å². The van der Waals surface area contributed by atoms with Crippen molar-refractivity contribution in [3.8, 4) is 0 Å². The number of rotatable bonds is 4. The van der Waals surface area contributed by atoms with Crippen molar-refractivity contribution in [2.75, 3.05) is 5.32 Å². The minimum atomic E-state index is -0.210. The molecule has 1 atom stereocenters. The minimum absolute atomic E-state index is 0.169. The number of benzene rings is 1. The smallest absolute Gasteiger partial charge is 0.152 e. The van der Waals surface area contributed by atoms with Gasteiger partial charge in [0.25, 0.3) is 0 Å². The molecule has 98 valence electrons. The summed E-state index contributed by atoms with van der Waals surface area (Å²) in [5.41, 5.74) is 1.91. The van der Waals surface area contributed by atoms with Gasteiger partial charge >= 0.3 is 0 Å². The first-order valence-electron chi connectivity index (χ1n) is 6.36. The number of halogens is 2. The Balaban J connectivity index is 1.86. The van der Waals surface area contributed by atoms with Gasteiger partial charge in [-0.05, 0) is 48.6 Å². The van der Waals surface area contributed by atoms with Crippen LogP contribution in [-0.4, -0.2) is 4.98 Å². The molecule has 1 aromatic heterocycles. The van der Waals surface area contributed by atoms with E-state index >= 15 is 0 Å². The van der Waals surface area contributed by atoms with Crippen LogP contribution in [0.15, 0.2) is 42.6 Å². The first-order valence-corrected chi connectivity index (χ1v) is 6.74. The predicted octanol–water partition coefficient (Wildman–Crippen LogP) is 4.44. The van der Waals surface area contributed by atoms with Crippen molar-refractivity contribution < 1.29 is 4.39 Å². The number of hydrogen-bond donors (Lipinski definition) is 1. The van der Waals surface area contributed by atoms with Crippen LogP contribution in [-0.2, 0) is 0 Å². The zero-order valence-corrected chi connectivity index (χ0v) is 11.1. The highest BCUT2D eigenvalue weighted by Gasteiger charge is 2.32. The maximum atomic E-state index is 13.0.